The lowest BCUT2D eigenvalue weighted by molar-refractivity contribution is -0.125. The number of methoxy groups -OCH3 is 1. The Morgan fingerprint density at radius 2 is 2.20 bits per heavy atom. The number of likely N-dealkylation sites (tertiary alicyclic amines) is 1. The van der Waals surface area contributed by atoms with Gasteiger partial charge in [0.1, 0.15) is 17.6 Å². The monoisotopic (exact) mass is 342 g/mol. The molecule has 1 fully saturated rings. The molecule has 1 atom stereocenters. The molecule has 2 aromatic rings. The van der Waals surface area contributed by atoms with E-state index < -0.39 is 6.04 Å². The highest BCUT2D eigenvalue weighted by Gasteiger charge is 2.34. The molecule has 1 saturated heterocycles. The predicted molar refractivity (Wildman–Crippen MR) is 92.3 cm³/mol. The molecule has 2 heterocycles. The average Bonchev–Trinajstić information content (AvgIpc) is 3.31. The summed E-state index contributed by atoms with van der Waals surface area (Å²) in [6.07, 6.45) is 3.05. The first-order valence-corrected chi connectivity index (χ1v) is 8.36. The van der Waals surface area contributed by atoms with E-state index in [0.717, 1.165) is 12.0 Å². The third-order valence-corrected chi connectivity index (χ3v) is 4.49. The molecule has 6 nitrogen and oxygen atoms in total. The van der Waals surface area contributed by atoms with Gasteiger partial charge in [-0.3, -0.25) is 9.59 Å². The SMILES string of the molecule is COc1cc(C(=O)N2CCCC2C(=O)NCc2ccco2)ccc1C. The molecular weight excluding hydrogens is 320 g/mol. The second-order valence-electron chi connectivity index (χ2n) is 6.14. The summed E-state index contributed by atoms with van der Waals surface area (Å²) < 4.78 is 10.5. The molecule has 0 aliphatic carbocycles. The summed E-state index contributed by atoms with van der Waals surface area (Å²) in [5.41, 5.74) is 1.50. The fraction of sp³-hybridized carbons (Fsp3) is 0.368. The smallest absolute Gasteiger partial charge is 0.254 e. The molecule has 1 N–H and O–H groups in total. The fourth-order valence-electron chi connectivity index (χ4n) is 3.11. The van der Waals surface area contributed by atoms with Gasteiger partial charge in [-0.2, -0.15) is 0 Å². The molecule has 25 heavy (non-hydrogen) atoms. The lowest BCUT2D eigenvalue weighted by Crippen LogP contribution is -2.45. The van der Waals surface area contributed by atoms with E-state index in [9.17, 15) is 9.59 Å². The Hall–Kier alpha value is -2.76. The molecule has 3 rings (SSSR count). The normalized spacial score (nSPS) is 16.7. The summed E-state index contributed by atoms with van der Waals surface area (Å²) in [5.74, 6) is 1.06. The van der Waals surface area contributed by atoms with E-state index in [1.165, 1.54) is 0 Å². The van der Waals surface area contributed by atoms with Crippen LogP contribution in [0.5, 0.6) is 5.75 Å². The highest BCUT2D eigenvalue weighted by molar-refractivity contribution is 5.98. The number of aryl methyl sites for hydroxylation is 1. The van der Waals surface area contributed by atoms with Crippen LogP contribution in [0.15, 0.2) is 41.0 Å². The molecule has 6 heteroatoms. The summed E-state index contributed by atoms with van der Waals surface area (Å²) in [4.78, 5) is 27.0. The molecule has 0 bridgehead atoms. The highest BCUT2D eigenvalue weighted by Crippen LogP contribution is 2.24. The first kappa shape index (κ1) is 17.1. The number of amides is 2. The molecule has 0 spiro atoms. The largest absolute Gasteiger partial charge is 0.496 e. The van der Waals surface area contributed by atoms with Crippen LogP contribution in [-0.4, -0.2) is 36.4 Å². The first-order valence-electron chi connectivity index (χ1n) is 8.36. The van der Waals surface area contributed by atoms with Gasteiger partial charge in [0.25, 0.3) is 5.91 Å². The van der Waals surface area contributed by atoms with Crippen LogP contribution >= 0.6 is 0 Å². The van der Waals surface area contributed by atoms with E-state index in [1.807, 2.05) is 13.0 Å². The minimum Gasteiger partial charge on any atom is -0.496 e. The van der Waals surface area contributed by atoms with E-state index in [4.69, 9.17) is 9.15 Å². The van der Waals surface area contributed by atoms with E-state index in [1.54, 1.807) is 42.5 Å². The quantitative estimate of drug-likeness (QED) is 0.906. The third kappa shape index (κ3) is 3.68. The first-order chi connectivity index (χ1) is 12.1. The summed E-state index contributed by atoms with van der Waals surface area (Å²) in [6, 6.07) is 8.49. The van der Waals surface area contributed by atoms with Crippen molar-refractivity contribution < 1.29 is 18.7 Å². The van der Waals surface area contributed by atoms with Gasteiger partial charge in [-0.25, -0.2) is 0 Å². The van der Waals surface area contributed by atoms with Crippen LogP contribution in [0.2, 0.25) is 0 Å². The number of nitrogens with one attached hydrogen (secondary N) is 1. The number of carbonyl (C=O) groups excluding carboxylic acids is 2. The van der Waals surface area contributed by atoms with Crippen molar-refractivity contribution in [1.82, 2.24) is 10.2 Å². The Bertz CT molecular complexity index is 755. The summed E-state index contributed by atoms with van der Waals surface area (Å²) in [7, 11) is 1.58. The Kier molecular flexibility index (Phi) is 5.07. The maximum Gasteiger partial charge on any atom is 0.254 e. The van der Waals surface area contributed by atoms with Crippen LogP contribution in [0.4, 0.5) is 0 Å². The zero-order valence-electron chi connectivity index (χ0n) is 14.5. The molecule has 2 amide bonds. The van der Waals surface area contributed by atoms with Crippen molar-refractivity contribution in [2.45, 2.75) is 32.4 Å². The summed E-state index contributed by atoms with van der Waals surface area (Å²) >= 11 is 0. The van der Waals surface area contributed by atoms with Crippen molar-refractivity contribution in [3.05, 3.63) is 53.5 Å². The maximum atomic E-state index is 12.8. The zero-order valence-corrected chi connectivity index (χ0v) is 14.5. The molecular formula is C19H22N2O4. The van der Waals surface area contributed by atoms with Crippen LogP contribution in [0, 0.1) is 6.92 Å². The number of carbonyl (C=O) groups is 2. The Morgan fingerprint density at radius 3 is 2.92 bits per heavy atom. The van der Waals surface area contributed by atoms with Crippen molar-refractivity contribution in [3.8, 4) is 5.75 Å². The lowest BCUT2D eigenvalue weighted by Gasteiger charge is -2.24. The number of furan rings is 1. The van der Waals surface area contributed by atoms with E-state index in [2.05, 4.69) is 5.32 Å². The van der Waals surface area contributed by atoms with Crippen LogP contribution in [-0.2, 0) is 11.3 Å². The Balaban J connectivity index is 1.70. The van der Waals surface area contributed by atoms with E-state index in [0.29, 0.717) is 36.6 Å². The molecule has 0 radical (unpaired) electrons. The standard InChI is InChI=1S/C19H22N2O4/c1-13-7-8-14(11-17(13)24-2)19(23)21-9-3-6-16(21)18(22)20-12-15-5-4-10-25-15/h4-5,7-8,10-11,16H,3,6,9,12H2,1-2H3,(H,20,22). The number of hydrogen-bond donors (Lipinski definition) is 1. The van der Waals surface area contributed by atoms with Gasteiger partial charge in [-0.15, -0.1) is 0 Å². The summed E-state index contributed by atoms with van der Waals surface area (Å²) in [5, 5.41) is 2.84. The van der Waals surface area contributed by atoms with Gasteiger partial charge in [0.05, 0.1) is 19.9 Å². The maximum absolute atomic E-state index is 12.8. The van der Waals surface area contributed by atoms with Crippen molar-refractivity contribution in [2.24, 2.45) is 0 Å². The van der Waals surface area contributed by atoms with Gasteiger partial charge >= 0.3 is 0 Å². The molecule has 1 aliphatic heterocycles. The van der Waals surface area contributed by atoms with E-state index >= 15 is 0 Å². The van der Waals surface area contributed by atoms with Gasteiger partial charge in [0, 0.05) is 12.1 Å². The van der Waals surface area contributed by atoms with Crippen LogP contribution in [0.3, 0.4) is 0 Å². The van der Waals surface area contributed by atoms with E-state index in [-0.39, 0.29) is 11.8 Å². The molecule has 0 saturated carbocycles. The van der Waals surface area contributed by atoms with Crippen molar-refractivity contribution in [2.75, 3.05) is 13.7 Å². The van der Waals surface area contributed by atoms with Gasteiger partial charge in [0.2, 0.25) is 5.91 Å². The number of rotatable bonds is 5. The van der Waals surface area contributed by atoms with Crippen molar-refractivity contribution in [3.63, 3.8) is 0 Å². The lowest BCUT2D eigenvalue weighted by atomic mass is 10.1. The molecule has 132 valence electrons. The van der Waals surface area contributed by atoms with Gasteiger partial charge in [-0.05, 0) is 49.6 Å². The van der Waals surface area contributed by atoms with Gasteiger partial charge < -0.3 is 19.4 Å². The molecule has 1 aromatic carbocycles. The second-order valence-corrected chi connectivity index (χ2v) is 6.14. The van der Waals surface area contributed by atoms with Gasteiger partial charge in [0.15, 0.2) is 0 Å². The molecule has 1 aromatic heterocycles. The predicted octanol–water partition coefficient (Wildman–Crippen LogP) is 2.52. The number of hydrogen-bond acceptors (Lipinski definition) is 4. The zero-order chi connectivity index (χ0) is 17.8. The minimum absolute atomic E-state index is 0.144. The van der Waals surface area contributed by atoms with Crippen LogP contribution in [0.25, 0.3) is 0 Å². The second kappa shape index (κ2) is 7.42. The third-order valence-electron chi connectivity index (χ3n) is 4.49. The van der Waals surface area contributed by atoms with Crippen molar-refractivity contribution >= 4 is 11.8 Å². The topological polar surface area (TPSA) is 71.8 Å². The summed E-state index contributed by atoms with van der Waals surface area (Å²) in [6.45, 7) is 2.82. The highest BCUT2D eigenvalue weighted by atomic mass is 16.5. The van der Waals surface area contributed by atoms with Gasteiger partial charge in [-0.1, -0.05) is 6.07 Å². The molecule has 1 aliphatic rings. The number of nitrogens with zero attached hydrogens (tertiary/aromatic N) is 1. The molecule has 1 unspecified atom stereocenters. The van der Waals surface area contributed by atoms with Crippen LogP contribution < -0.4 is 10.1 Å². The fourth-order valence-corrected chi connectivity index (χ4v) is 3.11. The Labute approximate surface area is 146 Å². The van der Waals surface area contributed by atoms with Crippen LogP contribution in [0.1, 0.15) is 34.5 Å². The average molecular weight is 342 g/mol. The Morgan fingerprint density at radius 1 is 1.36 bits per heavy atom. The number of benzene rings is 1. The number of ether oxygens (including phenoxy) is 1. The van der Waals surface area contributed by atoms with Crippen molar-refractivity contribution in [1.29, 1.82) is 0 Å². The minimum atomic E-state index is -0.449.